The SMILES string of the molecule is CCOCC1(CNC(=O)[C@@H](c2ccc(C)cc2)N(C)C)CC1. The number of carbonyl (C=O) groups is 1. The molecule has 0 spiro atoms. The van der Waals surface area contributed by atoms with Crippen molar-refractivity contribution in [3.8, 4) is 0 Å². The normalized spacial score (nSPS) is 17.3. The maximum Gasteiger partial charge on any atom is 0.241 e. The molecule has 0 bridgehead atoms. The highest BCUT2D eigenvalue weighted by atomic mass is 16.5. The van der Waals surface area contributed by atoms with Gasteiger partial charge in [-0.25, -0.2) is 0 Å². The summed E-state index contributed by atoms with van der Waals surface area (Å²) in [4.78, 5) is 14.6. The molecular weight excluding hydrogens is 276 g/mol. The van der Waals surface area contributed by atoms with Crippen LogP contribution in [0.4, 0.5) is 0 Å². The van der Waals surface area contributed by atoms with Gasteiger partial charge in [0.25, 0.3) is 0 Å². The molecule has 0 heterocycles. The van der Waals surface area contributed by atoms with Gasteiger partial charge in [0.15, 0.2) is 0 Å². The number of hydrogen-bond donors (Lipinski definition) is 1. The Morgan fingerprint density at radius 1 is 1.32 bits per heavy atom. The standard InChI is InChI=1S/C18H28N2O2/c1-5-22-13-18(10-11-18)12-19-17(21)16(20(3)4)15-8-6-14(2)7-9-15/h6-9,16H,5,10-13H2,1-4H3,(H,19,21)/t16-/m1/s1. The van der Waals surface area contributed by atoms with Gasteiger partial charge in [-0.1, -0.05) is 29.8 Å². The average molecular weight is 304 g/mol. The second-order valence-corrected chi connectivity index (χ2v) is 6.63. The Kier molecular flexibility index (Phi) is 5.59. The van der Waals surface area contributed by atoms with E-state index >= 15 is 0 Å². The van der Waals surface area contributed by atoms with Crippen molar-refractivity contribution in [1.29, 1.82) is 0 Å². The van der Waals surface area contributed by atoms with Crippen LogP contribution in [0.15, 0.2) is 24.3 Å². The molecule has 1 aliphatic rings. The van der Waals surface area contributed by atoms with E-state index in [1.54, 1.807) is 0 Å². The van der Waals surface area contributed by atoms with Crippen molar-refractivity contribution in [3.63, 3.8) is 0 Å². The lowest BCUT2D eigenvalue weighted by Gasteiger charge is -2.25. The molecule has 1 aromatic rings. The number of likely N-dealkylation sites (N-methyl/N-ethyl adjacent to an activating group) is 1. The Morgan fingerprint density at radius 2 is 1.95 bits per heavy atom. The largest absolute Gasteiger partial charge is 0.381 e. The van der Waals surface area contributed by atoms with Crippen molar-refractivity contribution in [2.45, 2.75) is 32.7 Å². The van der Waals surface area contributed by atoms with Crippen LogP contribution >= 0.6 is 0 Å². The third-order valence-electron chi connectivity index (χ3n) is 4.36. The number of aryl methyl sites for hydroxylation is 1. The number of nitrogens with zero attached hydrogens (tertiary/aromatic N) is 1. The van der Waals surface area contributed by atoms with E-state index in [-0.39, 0.29) is 17.4 Å². The van der Waals surface area contributed by atoms with E-state index in [0.717, 1.165) is 31.6 Å². The molecule has 22 heavy (non-hydrogen) atoms. The molecule has 0 aromatic heterocycles. The van der Waals surface area contributed by atoms with Gasteiger partial charge in [-0.15, -0.1) is 0 Å². The maximum atomic E-state index is 12.6. The molecule has 1 aromatic carbocycles. The molecule has 1 aliphatic carbocycles. The van der Waals surface area contributed by atoms with Crippen molar-refractivity contribution in [2.24, 2.45) is 5.41 Å². The van der Waals surface area contributed by atoms with Crippen LogP contribution in [-0.2, 0) is 9.53 Å². The molecule has 0 radical (unpaired) electrons. The number of hydrogen-bond acceptors (Lipinski definition) is 3. The third-order valence-corrected chi connectivity index (χ3v) is 4.36. The van der Waals surface area contributed by atoms with Crippen molar-refractivity contribution in [2.75, 3.05) is 33.9 Å². The zero-order chi connectivity index (χ0) is 16.2. The highest BCUT2D eigenvalue weighted by molar-refractivity contribution is 5.83. The number of benzene rings is 1. The van der Waals surface area contributed by atoms with Crippen LogP contribution in [0.3, 0.4) is 0 Å². The van der Waals surface area contributed by atoms with Gasteiger partial charge in [0.2, 0.25) is 5.91 Å². The Balaban J connectivity index is 1.97. The lowest BCUT2D eigenvalue weighted by atomic mass is 10.0. The number of amides is 1. The summed E-state index contributed by atoms with van der Waals surface area (Å²) in [5.74, 6) is 0.0663. The lowest BCUT2D eigenvalue weighted by molar-refractivity contribution is -0.126. The third kappa shape index (κ3) is 4.31. The molecule has 4 nitrogen and oxygen atoms in total. The quantitative estimate of drug-likeness (QED) is 0.802. The Morgan fingerprint density at radius 3 is 2.45 bits per heavy atom. The van der Waals surface area contributed by atoms with Gasteiger partial charge in [-0.05, 0) is 46.3 Å². The minimum Gasteiger partial charge on any atom is -0.381 e. The van der Waals surface area contributed by atoms with Crippen molar-refractivity contribution >= 4 is 5.91 Å². The predicted octanol–water partition coefficient (Wildman–Crippen LogP) is 2.53. The minimum absolute atomic E-state index is 0.0663. The summed E-state index contributed by atoms with van der Waals surface area (Å²) in [6.45, 7) is 6.26. The summed E-state index contributed by atoms with van der Waals surface area (Å²) in [5.41, 5.74) is 2.41. The summed E-state index contributed by atoms with van der Waals surface area (Å²) in [6.07, 6.45) is 2.29. The van der Waals surface area contributed by atoms with Crippen LogP contribution < -0.4 is 5.32 Å². The van der Waals surface area contributed by atoms with Crippen molar-refractivity contribution in [3.05, 3.63) is 35.4 Å². The second kappa shape index (κ2) is 7.25. The van der Waals surface area contributed by atoms with Crippen LogP contribution in [0.5, 0.6) is 0 Å². The van der Waals surface area contributed by atoms with Crippen LogP contribution in [0, 0.1) is 12.3 Å². The lowest BCUT2D eigenvalue weighted by Crippen LogP contribution is -2.40. The predicted molar refractivity (Wildman–Crippen MR) is 88.8 cm³/mol. The molecule has 0 aliphatic heterocycles. The second-order valence-electron chi connectivity index (χ2n) is 6.63. The van der Waals surface area contributed by atoms with Gasteiger partial charge in [-0.2, -0.15) is 0 Å². The van der Waals surface area contributed by atoms with Crippen LogP contribution in [-0.4, -0.2) is 44.7 Å². The average Bonchev–Trinajstić information content (AvgIpc) is 3.26. The first-order chi connectivity index (χ1) is 10.5. The first-order valence-electron chi connectivity index (χ1n) is 8.06. The van der Waals surface area contributed by atoms with E-state index in [4.69, 9.17) is 4.74 Å². The van der Waals surface area contributed by atoms with Crippen LogP contribution in [0.1, 0.15) is 36.9 Å². The molecule has 1 saturated carbocycles. The number of rotatable bonds is 8. The summed E-state index contributed by atoms with van der Waals surface area (Å²) in [7, 11) is 3.88. The molecule has 1 N–H and O–H groups in total. The molecule has 2 rings (SSSR count). The minimum atomic E-state index is -0.247. The molecule has 0 saturated heterocycles. The van der Waals surface area contributed by atoms with Gasteiger partial charge < -0.3 is 10.1 Å². The smallest absolute Gasteiger partial charge is 0.241 e. The van der Waals surface area contributed by atoms with Crippen molar-refractivity contribution in [1.82, 2.24) is 10.2 Å². The molecule has 0 unspecified atom stereocenters. The van der Waals surface area contributed by atoms with E-state index in [9.17, 15) is 4.79 Å². The first-order valence-corrected chi connectivity index (χ1v) is 8.06. The van der Waals surface area contributed by atoms with Gasteiger partial charge >= 0.3 is 0 Å². The summed E-state index contributed by atoms with van der Waals surface area (Å²) in [6, 6.07) is 7.93. The molecule has 1 atom stereocenters. The Bertz CT molecular complexity index is 492. The zero-order valence-corrected chi connectivity index (χ0v) is 14.2. The molecular formula is C18H28N2O2. The Labute approximate surface area is 133 Å². The van der Waals surface area contributed by atoms with E-state index in [1.807, 2.05) is 38.1 Å². The van der Waals surface area contributed by atoms with Crippen LogP contribution in [0.25, 0.3) is 0 Å². The van der Waals surface area contributed by atoms with E-state index in [2.05, 4.69) is 24.4 Å². The van der Waals surface area contributed by atoms with E-state index in [1.165, 1.54) is 5.56 Å². The Hall–Kier alpha value is -1.39. The fraction of sp³-hybridized carbons (Fsp3) is 0.611. The fourth-order valence-corrected chi connectivity index (χ4v) is 2.67. The molecule has 4 heteroatoms. The number of nitrogens with one attached hydrogen (secondary N) is 1. The number of ether oxygens (including phenoxy) is 1. The van der Waals surface area contributed by atoms with E-state index in [0.29, 0.717) is 6.54 Å². The van der Waals surface area contributed by atoms with Gasteiger partial charge in [0, 0.05) is 18.6 Å². The van der Waals surface area contributed by atoms with Crippen molar-refractivity contribution < 1.29 is 9.53 Å². The van der Waals surface area contributed by atoms with E-state index < -0.39 is 0 Å². The topological polar surface area (TPSA) is 41.6 Å². The monoisotopic (exact) mass is 304 g/mol. The number of carbonyl (C=O) groups excluding carboxylic acids is 1. The summed E-state index contributed by atoms with van der Waals surface area (Å²) >= 11 is 0. The molecule has 122 valence electrons. The van der Waals surface area contributed by atoms with Crippen LogP contribution in [0.2, 0.25) is 0 Å². The highest BCUT2D eigenvalue weighted by Crippen LogP contribution is 2.45. The first kappa shape index (κ1) is 17.0. The highest BCUT2D eigenvalue weighted by Gasteiger charge is 2.43. The van der Waals surface area contributed by atoms with Gasteiger partial charge in [-0.3, -0.25) is 9.69 Å². The fourth-order valence-electron chi connectivity index (χ4n) is 2.67. The zero-order valence-electron chi connectivity index (χ0n) is 14.2. The molecule has 1 fully saturated rings. The summed E-state index contributed by atoms with van der Waals surface area (Å²) in [5, 5.41) is 3.13. The molecule has 1 amide bonds. The summed E-state index contributed by atoms with van der Waals surface area (Å²) < 4.78 is 5.54. The maximum absolute atomic E-state index is 12.6. The van der Waals surface area contributed by atoms with Gasteiger partial charge in [0.1, 0.15) is 6.04 Å². The van der Waals surface area contributed by atoms with Gasteiger partial charge in [0.05, 0.1) is 6.61 Å².